The van der Waals surface area contributed by atoms with Crippen LogP contribution in [-0.2, 0) is 11.3 Å². The summed E-state index contributed by atoms with van der Waals surface area (Å²) in [5.74, 6) is 0.881. The number of rotatable bonds is 6. The minimum absolute atomic E-state index is 0.111. The number of carbonyl (C=O) groups excluding carboxylic acids is 2. The zero-order chi connectivity index (χ0) is 17.5. The highest BCUT2D eigenvalue weighted by Gasteiger charge is 2.18. The Labute approximate surface area is 150 Å². The van der Waals surface area contributed by atoms with E-state index in [1.807, 2.05) is 29.2 Å². The Morgan fingerprint density at radius 3 is 2.56 bits per heavy atom. The molecule has 5 heteroatoms. The van der Waals surface area contributed by atoms with Gasteiger partial charge in [-0.05, 0) is 68.8 Å². The first-order valence-electron chi connectivity index (χ1n) is 9.58. The van der Waals surface area contributed by atoms with E-state index in [1.54, 1.807) is 0 Å². The van der Waals surface area contributed by atoms with Crippen molar-refractivity contribution in [1.82, 2.24) is 15.5 Å². The number of hydrogen-bond donors (Lipinski definition) is 2. The molecule has 0 radical (unpaired) electrons. The van der Waals surface area contributed by atoms with E-state index in [4.69, 9.17) is 0 Å². The van der Waals surface area contributed by atoms with E-state index < -0.39 is 0 Å². The quantitative estimate of drug-likeness (QED) is 0.833. The molecule has 3 rings (SSSR count). The predicted octanol–water partition coefficient (Wildman–Crippen LogP) is 2.32. The van der Waals surface area contributed by atoms with Crippen molar-refractivity contribution in [2.75, 3.05) is 26.2 Å². The van der Waals surface area contributed by atoms with E-state index in [0.29, 0.717) is 18.9 Å². The Bertz CT molecular complexity index is 573. The predicted molar refractivity (Wildman–Crippen MR) is 98.3 cm³/mol. The molecule has 0 spiro atoms. The molecule has 0 bridgehead atoms. The molecule has 2 N–H and O–H groups in total. The van der Waals surface area contributed by atoms with Gasteiger partial charge < -0.3 is 15.5 Å². The van der Waals surface area contributed by atoms with Gasteiger partial charge in [-0.1, -0.05) is 12.1 Å². The van der Waals surface area contributed by atoms with Gasteiger partial charge in [-0.15, -0.1) is 0 Å². The van der Waals surface area contributed by atoms with Crippen LogP contribution in [0.2, 0.25) is 0 Å². The lowest BCUT2D eigenvalue weighted by atomic mass is 10.0. The molecule has 1 aromatic carbocycles. The number of likely N-dealkylation sites (tertiary alicyclic amines) is 1. The van der Waals surface area contributed by atoms with Crippen molar-refractivity contribution in [3.8, 4) is 0 Å². The molecule has 0 aliphatic carbocycles. The molecule has 2 aliphatic rings. The molecule has 2 heterocycles. The highest BCUT2D eigenvalue weighted by Crippen LogP contribution is 2.15. The van der Waals surface area contributed by atoms with Gasteiger partial charge >= 0.3 is 0 Å². The Kier molecular flexibility index (Phi) is 6.45. The molecule has 0 saturated carbocycles. The van der Waals surface area contributed by atoms with Crippen LogP contribution >= 0.6 is 0 Å². The van der Waals surface area contributed by atoms with Gasteiger partial charge in [0.1, 0.15) is 0 Å². The lowest BCUT2D eigenvalue weighted by molar-refractivity contribution is -0.121. The van der Waals surface area contributed by atoms with E-state index in [1.165, 1.54) is 12.8 Å². The number of benzene rings is 1. The van der Waals surface area contributed by atoms with Crippen LogP contribution in [0.5, 0.6) is 0 Å². The number of nitrogens with one attached hydrogen (secondary N) is 2. The number of hydrogen-bond acceptors (Lipinski definition) is 3. The van der Waals surface area contributed by atoms with Crippen molar-refractivity contribution in [3.05, 3.63) is 35.4 Å². The molecule has 2 saturated heterocycles. The standard InChI is InChI=1S/C20H29N3O2/c24-19(9-6-17-10-11-21-14-17)22-15-16-4-7-18(8-5-16)20(25)23-12-2-1-3-13-23/h4-5,7-8,17,21H,1-3,6,9-15H2,(H,22,24). The number of amides is 2. The summed E-state index contributed by atoms with van der Waals surface area (Å²) in [7, 11) is 0. The van der Waals surface area contributed by atoms with Gasteiger partial charge in [-0.3, -0.25) is 9.59 Å². The number of nitrogens with zero attached hydrogens (tertiary/aromatic N) is 1. The molecule has 136 valence electrons. The van der Waals surface area contributed by atoms with Gasteiger partial charge in [0.05, 0.1) is 0 Å². The molecular formula is C20H29N3O2. The average Bonchev–Trinajstić information content (AvgIpc) is 3.19. The second-order valence-corrected chi connectivity index (χ2v) is 7.22. The Hall–Kier alpha value is -1.88. The zero-order valence-corrected chi connectivity index (χ0v) is 14.9. The van der Waals surface area contributed by atoms with Crippen molar-refractivity contribution >= 4 is 11.8 Å². The first kappa shape index (κ1) is 17.9. The normalized spacial score (nSPS) is 20.5. The van der Waals surface area contributed by atoms with Crippen LogP contribution in [-0.4, -0.2) is 42.9 Å². The lowest BCUT2D eigenvalue weighted by Crippen LogP contribution is -2.35. The SMILES string of the molecule is O=C(CCC1CCNC1)NCc1ccc(C(=O)N2CCCCC2)cc1. The van der Waals surface area contributed by atoms with Gasteiger partial charge in [-0.25, -0.2) is 0 Å². The molecule has 2 aliphatic heterocycles. The molecular weight excluding hydrogens is 314 g/mol. The van der Waals surface area contributed by atoms with Gasteiger partial charge in [0.2, 0.25) is 5.91 Å². The average molecular weight is 343 g/mol. The maximum absolute atomic E-state index is 12.4. The highest BCUT2D eigenvalue weighted by molar-refractivity contribution is 5.94. The summed E-state index contributed by atoms with van der Waals surface area (Å²) in [5, 5.41) is 6.31. The monoisotopic (exact) mass is 343 g/mol. The fourth-order valence-corrected chi connectivity index (χ4v) is 3.63. The fourth-order valence-electron chi connectivity index (χ4n) is 3.63. The van der Waals surface area contributed by atoms with E-state index in [2.05, 4.69) is 10.6 Å². The van der Waals surface area contributed by atoms with Gasteiger partial charge in [-0.2, -0.15) is 0 Å². The van der Waals surface area contributed by atoms with E-state index in [-0.39, 0.29) is 11.8 Å². The molecule has 5 nitrogen and oxygen atoms in total. The van der Waals surface area contributed by atoms with E-state index >= 15 is 0 Å². The van der Waals surface area contributed by atoms with Crippen molar-refractivity contribution in [1.29, 1.82) is 0 Å². The van der Waals surface area contributed by atoms with Crippen LogP contribution in [0.1, 0.15) is 54.4 Å². The lowest BCUT2D eigenvalue weighted by Gasteiger charge is -2.26. The molecule has 1 unspecified atom stereocenters. The van der Waals surface area contributed by atoms with Crippen molar-refractivity contribution < 1.29 is 9.59 Å². The summed E-state index contributed by atoms with van der Waals surface area (Å²) in [5.41, 5.74) is 1.77. The van der Waals surface area contributed by atoms with Crippen LogP contribution < -0.4 is 10.6 Å². The second kappa shape index (κ2) is 8.99. The Morgan fingerprint density at radius 2 is 1.88 bits per heavy atom. The largest absolute Gasteiger partial charge is 0.352 e. The molecule has 2 fully saturated rings. The first-order chi connectivity index (χ1) is 12.2. The fraction of sp³-hybridized carbons (Fsp3) is 0.600. The van der Waals surface area contributed by atoms with Crippen LogP contribution in [0.4, 0.5) is 0 Å². The third-order valence-corrected chi connectivity index (χ3v) is 5.28. The molecule has 1 atom stereocenters. The smallest absolute Gasteiger partial charge is 0.253 e. The van der Waals surface area contributed by atoms with E-state index in [9.17, 15) is 9.59 Å². The molecule has 0 aromatic heterocycles. The minimum Gasteiger partial charge on any atom is -0.352 e. The summed E-state index contributed by atoms with van der Waals surface area (Å²) in [6.45, 7) is 4.38. The van der Waals surface area contributed by atoms with Crippen molar-refractivity contribution in [3.63, 3.8) is 0 Å². The summed E-state index contributed by atoms with van der Waals surface area (Å²) in [6.07, 6.45) is 6.17. The third-order valence-electron chi connectivity index (χ3n) is 5.28. The Balaban J connectivity index is 1.42. The van der Waals surface area contributed by atoms with Crippen LogP contribution in [0.3, 0.4) is 0 Å². The van der Waals surface area contributed by atoms with Crippen LogP contribution in [0.25, 0.3) is 0 Å². The molecule has 2 amide bonds. The van der Waals surface area contributed by atoms with Gasteiger partial charge in [0.15, 0.2) is 0 Å². The van der Waals surface area contributed by atoms with Gasteiger partial charge in [0.25, 0.3) is 5.91 Å². The maximum Gasteiger partial charge on any atom is 0.253 e. The van der Waals surface area contributed by atoms with Crippen LogP contribution in [0.15, 0.2) is 24.3 Å². The number of piperidine rings is 1. The summed E-state index contributed by atoms with van der Waals surface area (Å²) >= 11 is 0. The topological polar surface area (TPSA) is 61.4 Å². The third kappa shape index (κ3) is 5.30. The zero-order valence-electron chi connectivity index (χ0n) is 14.9. The molecule has 25 heavy (non-hydrogen) atoms. The van der Waals surface area contributed by atoms with Crippen molar-refractivity contribution in [2.24, 2.45) is 5.92 Å². The highest BCUT2D eigenvalue weighted by atomic mass is 16.2. The van der Waals surface area contributed by atoms with Crippen LogP contribution in [0, 0.1) is 5.92 Å². The minimum atomic E-state index is 0.111. The first-order valence-corrected chi connectivity index (χ1v) is 9.58. The maximum atomic E-state index is 12.4. The molecule has 1 aromatic rings. The second-order valence-electron chi connectivity index (χ2n) is 7.22. The Morgan fingerprint density at radius 1 is 1.12 bits per heavy atom. The summed E-state index contributed by atoms with van der Waals surface area (Å²) in [6, 6.07) is 7.64. The van der Waals surface area contributed by atoms with Crippen molar-refractivity contribution in [2.45, 2.75) is 45.1 Å². The summed E-state index contributed by atoms with van der Waals surface area (Å²) < 4.78 is 0. The van der Waals surface area contributed by atoms with Gasteiger partial charge in [0, 0.05) is 31.6 Å². The summed E-state index contributed by atoms with van der Waals surface area (Å²) in [4.78, 5) is 26.3. The van der Waals surface area contributed by atoms with E-state index in [0.717, 1.165) is 56.6 Å². The number of carbonyl (C=O) groups is 2.